The number of benzene rings is 1. The standard InChI is InChI=1S/C12H14F4N2/c1-17-5-7-2-3-18(6-7)12-10(15)8(13)4-9(14)11(12)16/h4,7,17H,2-3,5-6H2,1H3. The Morgan fingerprint density at radius 1 is 1.22 bits per heavy atom. The fourth-order valence-corrected chi connectivity index (χ4v) is 2.33. The van der Waals surface area contributed by atoms with Gasteiger partial charge in [0.2, 0.25) is 0 Å². The largest absolute Gasteiger partial charge is 0.366 e. The first-order valence-electron chi connectivity index (χ1n) is 5.77. The van der Waals surface area contributed by atoms with E-state index in [9.17, 15) is 17.6 Å². The summed E-state index contributed by atoms with van der Waals surface area (Å²) in [6, 6.07) is 0.231. The molecule has 0 spiro atoms. The van der Waals surface area contributed by atoms with Crippen molar-refractivity contribution >= 4 is 5.69 Å². The van der Waals surface area contributed by atoms with Gasteiger partial charge in [-0.25, -0.2) is 17.6 Å². The van der Waals surface area contributed by atoms with Crippen molar-refractivity contribution in [3.05, 3.63) is 29.3 Å². The summed E-state index contributed by atoms with van der Waals surface area (Å²) >= 11 is 0. The Hall–Kier alpha value is -1.30. The Labute approximate surface area is 103 Å². The van der Waals surface area contributed by atoms with Gasteiger partial charge >= 0.3 is 0 Å². The summed E-state index contributed by atoms with van der Waals surface area (Å²) in [6.45, 7) is 1.48. The summed E-state index contributed by atoms with van der Waals surface area (Å²) < 4.78 is 53.3. The van der Waals surface area contributed by atoms with Gasteiger partial charge in [0.1, 0.15) is 5.69 Å². The highest BCUT2D eigenvalue weighted by atomic mass is 19.2. The molecular formula is C12H14F4N2. The third-order valence-corrected chi connectivity index (χ3v) is 3.18. The molecule has 6 heteroatoms. The molecule has 2 nitrogen and oxygen atoms in total. The molecule has 1 N–H and O–H groups in total. The molecule has 1 fully saturated rings. The monoisotopic (exact) mass is 262 g/mol. The molecule has 1 unspecified atom stereocenters. The van der Waals surface area contributed by atoms with Crippen LogP contribution in [-0.2, 0) is 0 Å². The van der Waals surface area contributed by atoms with Crippen molar-refractivity contribution in [3.8, 4) is 0 Å². The summed E-state index contributed by atoms with van der Waals surface area (Å²) in [5.41, 5.74) is -0.592. The van der Waals surface area contributed by atoms with Crippen LogP contribution in [0.2, 0.25) is 0 Å². The zero-order chi connectivity index (χ0) is 13.3. The quantitative estimate of drug-likeness (QED) is 0.664. The van der Waals surface area contributed by atoms with Crippen LogP contribution in [0.5, 0.6) is 0 Å². The number of halogens is 4. The lowest BCUT2D eigenvalue weighted by atomic mass is 10.1. The summed E-state index contributed by atoms with van der Waals surface area (Å²) in [5, 5.41) is 2.97. The smallest absolute Gasteiger partial charge is 0.185 e. The molecule has 1 saturated heterocycles. The molecule has 0 amide bonds. The highest BCUT2D eigenvalue weighted by Crippen LogP contribution is 2.31. The Morgan fingerprint density at radius 3 is 2.39 bits per heavy atom. The molecule has 1 atom stereocenters. The number of nitrogens with zero attached hydrogens (tertiary/aromatic N) is 1. The van der Waals surface area contributed by atoms with Crippen molar-refractivity contribution < 1.29 is 17.6 Å². The molecule has 0 bridgehead atoms. The van der Waals surface area contributed by atoms with Gasteiger partial charge in [-0.05, 0) is 25.9 Å². The second kappa shape index (κ2) is 5.14. The minimum absolute atomic E-state index is 0.222. The van der Waals surface area contributed by atoms with Gasteiger partial charge in [-0.1, -0.05) is 0 Å². The first-order valence-corrected chi connectivity index (χ1v) is 5.77. The van der Waals surface area contributed by atoms with Gasteiger partial charge in [0.25, 0.3) is 0 Å². The number of nitrogens with one attached hydrogen (secondary N) is 1. The van der Waals surface area contributed by atoms with E-state index in [1.165, 1.54) is 4.90 Å². The topological polar surface area (TPSA) is 15.3 Å². The van der Waals surface area contributed by atoms with Crippen molar-refractivity contribution in [2.24, 2.45) is 5.92 Å². The van der Waals surface area contributed by atoms with Crippen LogP contribution in [0.15, 0.2) is 6.07 Å². The fraction of sp³-hybridized carbons (Fsp3) is 0.500. The lowest BCUT2D eigenvalue weighted by molar-refractivity contribution is 0.452. The molecule has 1 aliphatic rings. The summed E-state index contributed by atoms with van der Waals surface area (Å²) in [4.78, 5) is 1.36. The van der Waals surface area contributed by atoms with Crippen molar-refractivity contribution in [3.63, 3.8) is 0 Å². The SMILES string of the molecule is CNCC1CCN(c2c(F)c(F)cc(F)c2F)C1. The average Bonchev–Trinajstić information content (AvgIpc) is 2.76. The zero-order valence-corrected chi connectivity index (χ0v) is 9.94. The van der Waals surface area contributed by atoms with E-state index in [4.69, 9.17) is 0 Å². The summed E-state index contributed by atoms with van der Waals surface area (Å²) in [7, 11) is 1.78. The second-order valence-corrected chi connectivity index (χ2v) is 4.48. The number of hydrogen-bond donors (Lipinski definition) is 1. The minimum atomic E-state index is -1.36. The van der Waals surface area contributed by atoms with Gasteiger partial charge in [0.15, 0.2) is 23.3 Å². The van der Waals surface area contributed by atoms with Crippen LogP contribution in [0.25, 0.3) is 0 Å². The molecule has 0 saturated carbocycles. The van der Waals surface area contributed by atoms with E-state index in [0.717, 1.165) is 6.42 Å². The van der Waals surface area contributed by atoms with Crippen LogP contribution in [-0.4, -0.2) is 26.7 Å². The first-order chi connectivity index (χ1) is 8.54. The normalized spacial score (nSPS) is 19.6. The molecule has 18 heavy (non-hydrogen) atoms. The van der Waals surface area contributed by atoms with Gasteiger partial charge in [-0.3, -0.25) is 0 Å². The number of anilines is 1. The Bertz CT molecular complexity index is 424. The van der Waals surface area contributed by atoms with Crippen LogP contribution in [0.3, 0.4) is 0 Å². The number of rotatable bonds is 3. The first kappa shape index (κ1) is 13.1. The van der Waals surface area contributed by atoms with Gasteiger partial charge in [-0.2, -0.15) is 0 Å². The van der Waals surface area contributed by atoms with E-state index in [1.54, 1.807) is 7.05 Å². The minimum Gasteiger partial charge on any atom is -0.366 e. The Balaban J connectivity index is 2.29. The average molecular weight is 262 g/mol. The molecule has 1 heterocycles. The van der Waals surface area contributed by atoms with Crippen LogP contribution >= 0.6 is 0 Å². The van der Waals surface area contributed by atoms with E-state index < -0.39 is 29.0 Å². The maximum atomic E-state index is 13.6. The van der Waals surface area contributed by atoms with Crippen molar-refractivity contribution in [1.29, 1.82) is 0 Å². The Morgan fingerprint density at radius 2 is 1.83 bits per heavy atom. The summed E-state index contributed by atoms with van der Waals surface area (Å²) in [5.74, 6) is -5.14. The van der Waals surface area contributed by atoms with Crippen molar-refractivity contribution in [2.75, 3.05) is 31.6 Å². The molecule has 1 aliphatic heterocycles. The van der Waals surface area contributed by atoms with Crippen LogP contribution in [0.1, 0.15) is 6.42 Å². The number of hydrogen-bond acceptors (Lipinski definition) is 2. The molecule has 0 aliphatic carbocycles. The van der Waals surface area contributed by atoms with Crippen LogP contribution < -0.4 is 10.2 Å². The van der Waals surface area contributed by atoms with E-state index in [-0.39, 0.29) is 12.0 Å². The summed E-state index contributed by atoms with van der Waals surface area (Å²) in [6.07, 6.45) is 0.734. The second-order valence-electron chi connectivity index (χ2n) is 4.48. The molecule has 0 aromatic heterocycles. The molecule has 1 aromatic carbocycles. The lowest BCUT2D eigenvalue weighted by Crippen LogP contribution is -2.26. The van der Waals surface area contributed by atoms with E-state index in [1.807, 2.05) is 0 Å². The fourth-order valence-electron chi connectivity index (χ4n) is 2.33. The maximum absolute atomic E-state index is 13.6. The van der Waals surface area contributed by atoms with Crippen molar-refractivity contribution in [1.82, 2.24) is 5.32 Å². The van der Waals surface area contributed by atoms with Crippen molar-refractivity contribution in [2.45, 2.75) is 6.42 Å². The highest BCUT2D eigenvalue weighted by molar-refractivity contribution is 5.51. The third-order valence-electron chi connectivity index (χ3n) is 3.18. The zero-order valence-electron chi connectivity index (χ0n) is 9.94. The van der Waals surface area contributed by atoms with Gasteiger partial charge in [0, 0.05) is 19.2 Å². The maximum Gasteiger partial charge on any atom is 0.185 e. The predicted octanol–water partition coefficient (Wildman–Crippen LogP) is 2.29. The Kier molecular flexibility index (Phi) is 3.75. The third kappa shape index (κ3) is 2.29. The lowest BCUT2D eigenvalue weighted by Gasteiger charge is -2.20. The molecule has 0 radical (unpaired) electrons. The predicted molar refractivity (Wildman–Crippen MR) is 60.5 cm³/mol. The molecule has 100 valence electrons. The van der Waals surface area contributed by atoms with E-state index >= 15 is 0 Å². The van der Waals surface area contributed by atoms with E-state index in [0.29, 0.717) is 19.6 Å². The van der Waals surface area contributed by atoms with Crippen LogP contribution in [0, 0.1) is 29.2 Å². The molecular weight excluding hydrogens is 248 g/mol. The van der Waals surface area contributed by atoms with Gasteiger partial charge < -0.3 is 10.2 Å². The van der Waals surface area contributed by atoms with Gasteiger partial charge in [-0.15, -0.1) is 0 Å². The molecule has 1 aromatic rings. The van der Waals surface area contributed by atoms with Gasteiger partial charge in [0.05, 0.1) is 0 Å². The highest BCUT2D eigenvalue weighted by Gasteiger charge is 2.29. The van der Waals surface area contributed by atoms with E-state index in [2.05, 4.69) is 5.32 Å². The van der Waals surface area contributed by atoms with Crippen LogP contribution in [0.4, 0.5) is 23.2 Å². The molecule has 2 rings (SSSR count).